The fourth-order valence-electron chi connectivity index (χ4n) is 2.73. The minimum absolute atomic E-state index is 0.208. The van der Waals surface area contributed by atoms with Gasteiger partial charge in [0.2, 0.25) is 5.82 Å². The number of pyridine rings is 1. The molecule has 0 bridgehead atoms. The predicted molar refractivity (Wildman–Crippen MR) is 102 cm³/mol. The second kappa shape index (κ2) is 7.39. The molecule has 0 aliphatic rings. The second-order valence-electron chi connectivity index (χ2n) is 6.27. The zero-order valence-corrected chi connectivity index (χ0v) is 15.2. The van der Waals surface area contributed by atoms with Crippen LogP contribution in [0.5, 0.6) is 0 Å². The number of rotatable bonds is 5. The molecule has 2 N–H and O–H groups in total. The Kier molecular flexibility index (Phi) is 5.02. The van der Waals surface area contributed by atoms with Gasteiger partial charge in [0.1, 0.15) is 0 Å². The van der Waals surface area contributed by atoms with E-state index in [2.05, 4.69) is 15.6 Å². The predicted octanol–water partition coefficient (Wildman–Crippen LogP) is 3.34. The summed E-state index contributed by atoms with van der Waals surface area (Å²) in [6, 6.07) is 11.3. The van der Waals surface area contributed by atoms with Gasteiger partial charge < -0.3 is 10.6 Å². The molecule has 0 fully saturated rings. The van der Waals surface area contributed by atoms with Gasteiger partial charge >= 0.3 is 0 Å². The van der Waals surface area contributed by atoms with Crippen molar-refractivity contribution >= 4 is 23.0 Å². The Bertz CT molecular complexity index is 975. The molecule has 2 aromatic heterocycles. The van der Waals surface area contributed by atoms with Crippen molar-refractivity contribution in [3.8, 4) is 0 Å². The number of hydrogen-bond acceptors (Lipinski definition) is 3. The highest BCUT2D eigenvalue weighted by atomic mass is 16.2. The van der Waals surface area contributed by atoms with Gasteiger partial charge in [-0.15, -0.1) is 0 Å². The quantitative estimate of drug-likeness (QED) is 0.741. The van der Waals surface area contributed by atoms with Crippen LogP contribution in [0.1, 0.15) is 45.6 Å². The van der Waals surface area contributed by atoms with Gasteiger partial charge in [-0.2, -0.15) is 0 Å². The van der Waals surface area contributed by atoms with E-state index in [1.54, 1.807) is 22.7 Å². The lowest BCUT2D eigenvalue weighted by molar-refractivity contribution is 0.0942. The molecule has 134 valence electrons. The van der Waals surface area contributed by atoms with Gasteiger partial charge in [-0.3, -0.25) is 14.0 Å². The van der Waals surface area contributed by atoms with Gasteiger partial charge in [-0.1, -0.05) is 25.1 Å². The number of aryl methyl sites for hydroxylation is 2. The second-order valence-corrected chi connectivity index (χ2v) is 6.27. The number of hydrogen-bond donors (Lipinski definition) is 2. The third-order valence-electron chi connectivity index (χ3n) is 4.14. The van der Waals surface area contributed by atoms with E-state index >= 15 is 0 Å². The smallest absolute Gasteiger partial charge is 0.287 e. The maximum absolute atomic E-state index is 12.8. The van der Waals surface area contributed by atoms with Crippen LogP contribution in [0.3, 0.4) is 0 Å². The van der Waals surface area contributed by atoms with E-state index in [1.807, 2.05) is 45.0 Å². The van der Waals surface area contributed by atoms with Crippen LogP contribution in [-0.2, 0) is 0 Å². The van der Waals surface area contributed by atoms with Crippen molar-refractivity contribution in [3.63, 3.8) is 0 Å². The lowest BCUT2D eigenvalue weighted by Crippen LogP contribution is -2.26. The summed E-state index contributed by atoms with van der Waals surface area (Å²) < 4.78 is 1.64. The standard InChI is InChI=1S/C20H22N4O2/c1-4-10-21-20(26)18-23-17(16-7-5-6-11-24(16)18)19(25)22-15-12-13(2)8-9-14(15)3/h5-9,11-12H,4,10H2,1-3H3,(H,21,26)(H,22,25). The van der Waals surface area contributed by atoms with Crippen molar-refractivity contribution in [2.75, 3.05) is 11.9 Å². The van der Waals surface area contributed by atoms with Gasteiger partial charge in [-0.25, -0.2) is 4.98 Å². The number of nitrogens with one attached hydrogen (secondary N) is 2. The van der Waals surface area contributed by atoms with E-state index in [0.717, 1.165) is 23.2 Å². The Labute approximate surface area is 152 Å². The number of anilines is 1. The number of fused-ring (bicyclic) bond motifs is 1. The maximum Gasteiger partial charge on any atom is 0.287 e. The van der Waals surface area contributed by atoms with E-state index in [4.69, 9.17) is 0 Å². The van der Waals surface area contributed by atoms with Crippen LogP contribution in [0.15, 0.2) is 42.6 Å². The van der Waals surface area contributed by atoms with Crippen molar-refractivity contribution in [1.82, 2.24) is 14.7 Å². The topological polar surface area (TPSA) is 75.5 Å². The fourth-order valence-corrected chi connectivity index (χ4v) is 2.73. The molecular formula is C20H22N4O2. The summed E-state index contributed by atoms with van der Waals surface area (Å²) in [6.45, 7) is 6.44. The van der Waals surface area contributed by atoms with Crippen molar-refractivity contribution in [3.05, 3.63) is 65.2 Å². The number of carbonyl (C=O) groups excluding carboxylic acids is 2. The van der Waals surface area contributed by atoms with Crippen LogP contribution in [0, 0.1) is 13.8 Å². The Balaban J connectivity index is 1.98. The van der Waals surface area contributed by atoms with Crippen molar-refractivity contribution < 1.29 is 9.59 Å². The van der Waals surface area contributed by atoms with Gasteiger partial charge in [-0.05, 0) is 49.6 Å². The number of nitrogens with zero attached hydrogens (tertiary/aromatic N) is 2. The first kappa shape index (κ1) is 17.7. The summed E-state index contributed by atoms with van der Waals surface area (Å²) in [6.07, 6.45) is 2.56. The van der Waals surface area contributed by atoms with Crippen molar-refractivity contribution in [1.29, 1.82) is 0 Å². The molecule has 0 aliphatic heterocycles. The Morgan fingerprint density at radius 3 is 2.69 bits per heavy atom. The molecule has 0 atom stereocenters. The van der Waals surface area contributed by atoms with Gasteiger partial charge in [0.05, 0.1) is 5.52 Å². The first-order valence-electron chi connectivity index (χ1n) is 8.65. The Morgan fingerprint density at radius 2 is 1.92 bits per heavy atom. The maximum atomic E-state index is 12.8. The number of aromatic nitrogens is 2. The van der Waals surface area contributed by atoms with Crippen LogP contribution in [0.4, 0.5) is 5.69 Å². The van der Waals surface area contributed by atoms with Crippen molar-refractivity contribution in [2.24, 2.45) is 0 Å². The molecule has 0 spiro atoms. The van der Waals surface area contributed by atoms with E-state index in [0.29, 0.717) is 12.1 Å². The lowest BCUT2D eigenvalue weighted by Gasteiger charge is -2.08. The largest absolute Gasteiger partial charge is 0.349 e. The average Bonchev–Trinajstić information content (AvgIpc) is 3.02. The number of imidazole rings is 1. The summed E-state index contributed by atoms with van der Waals surface area (Å²) in [5, 5.41) is 5.71. The normalized spacial score (nSPS) is 10.7. The molecular weight excluding hydrogens is 328 g/mol. The van der Waals surface area contributed by atoms with E-state index < -0.39 is 0 Å². The monoisotopic (exact) mass is 350 g/mol. The lowest BCUT2D eigenvalue weighted by atomic mass is 10.1. The summed E-state index contributed by atoms with van der Waals surface area (Å²) >= 11 is 0. The summed E-state index contributed by atoms with van der Waals surface area (Å²) in [5.41, 5.74) is 3.59. The molecule has 6 heteroatoms. The molecule has 26 heavy (non-hydrogen) atoms. The molecule has 2 heterocycles. The van der Waals surface area contributed by atoms with Crippen molar-refractivity contribution in [2.45, 2.75) is 27.2 Å². The van der Waals surface area contributed by atoms with Crippen LogP contribution < -0.4 is 10.6 Å². The van der Waals surface area contributed by atoms with Gasteiger partial charge in [0.15, 0.2) is 5.69 Å². The van der Waals surface area contributed by atoms with E-state index in [1.165, 1.54) is 0 Å². The minimum atomic E-state index is -0.336. The highest BCUT2D eigenvalue weighted by Gasteiger charge is 2.21. The first-order valence-corrected chi connectivity index (χ1v) is 8.65. The third-order valence-corrected chi connectivity index (χ3v) is 4.14. The SMILES string of the molecule is CCCNC(=O)c1nc(C(=O)Nc2cc(C)ccc2C)c2ccccn12. The highest BCUT2D eigenvalue weighted by molar-refractivity contribution is 6.09. The minimum Gasteiger partial charge on any atom is -0.349 e. The number of carbonyl (C=O) groups is 2. The third kappa shape index (κ3) is 3.44. The average molecular weight is 350 g/mol. The molecule has 0 saturated heterocycles. The number of benzene rings is 1. The molecule has 0 aliphatic carbocycles. The van der Waals surface area contributed by atoms with Crippen LogP contribution in [-0.4, -0.2) is 27.7 Å². The molecule has 0 saturated carbocycles. The molecule has 3 aromatic rings. The molecule has 0 radical (unpaired) electrons. The van der Waals surface area contributed by atoms with Gasteiger partial charge in [0, 0.05) is 18.4 Å². The summed E-state index contributed by atoms with van der Waals surface area (Å²) in [4.78, 5) is 29.5. The van der Waals surface area contributed by atoms with E-state index in [-0.39, 0.29) is 23.3 Å². The van der Waals surface area contributed by atoms with E-state index in [9.17, 15) is 9.59 Å². The number of amides is 2. The molecule has 2 amide bonds. The Hall–Kier alpha value is -3.15. The fraction of sp³-hybridized carbons (Fsp3) is 0.250. The van der Waals surface area contributed by atoms with Crippen LogP contribution in [0.2, 0.25) is 0 Å². The highest BCUT2D eigenvalue weighted by Crippen LogP contribution is 2.19. The first-order chi connectivity index (χ1) is 12.5. The molecule has 3 rings (SSSR count). The molecule has 0 unspecified atom stereocenters. The summed E-state index contributed by atoms with van der Waals surface area (Å²) in [5.74, 6) is -0.420. The molecule has 1 aromatic carbocycles. The summed E-state index contributed by atoms with van der Waals surface area (Å²) in [7, 11) is 0. The zero-order chi connectivity index (χ0) is 18.7. The Morgan fingerprint density at radius 1 is 1.12 bits per heavy atom. The zero-order valence-electron chi connectivity index (χ0n) is 15.2. The molecule has 6 nitrogen and oxygen atoms in total. The van der Waals surface area contributed by atoms with Gasteiger partial charge in [0.25, 0.3) is 11.8 Å². The van der Waals surface area contributed by atoms with Crippen LogP contribution >= 0.6 is 0 Å². The van der Waals surface area contributed by atoms with Crippen LogP contribution in [0.25, 0.3) is 5.52 Å².